The normalized spacial score (nSPS) is 26.2. The van der Waals surface area contributed by atoms with Gasteiger partial charge < -0.3 is 14.7 Å². The molecule has 2 atom stereocenters. The third-order valence-electron chi connectivity index (χ3n) is 2.11. The maximum Gasteiger partial charge on any atom is 0.410 e. The number of hydrogen-bond donors (Lipinski definition) is 1. The predicted molar refractivity (Wildman–Crippen MR) is 52.9 cm³/mol. The first kappa shape index (κ1) is 11.8. The average Bonchev–Trinajstić information content (AvgIpc) is 2.43. The lowest BCUT2D eigenvalue weighted by Gasteiger charge is -2.24. The van der Waals surface area contributed by atoms with Gasteiger partial charge in [0.15, 0.2) is 0 Å². The molecule has 5 nitrogen and oxygen atoms in total. The van der Waals surface area contributed by atoms with Gasteiger partial charge in [0.2, 0.25) is 0 Å². The number of nitrogens with zero attached hydrogens (tertiary/aromatic N) is 2. The molecule has 1 rings (SSSR count). The second-order valence-electron chi connectivity index (χ2n) is 4.69. The third-order valence-corrected chi connectivity index (χ3v) is 2.11. The molecule has 0 aromatic carbocycles. The Labute approximate surface area is 89.2 Å². The molecule has 0 spiro atoms. The third kappa shape index (κ3) is 3.10. The molecule has 1 heterocycles. The lowest BCUT2D eigenvalue weighted by Crippen LogP contribution is -2.35. The molecular weight excluding hydrogens is 196 g/mol. The van der Waals surface area contributed by atoms with Gasteiger partial charge in [-0.3, -0.25) is 0 Å². The van der Waals surface area contributed by atoms with Crippen molar-refractivity contribution in [3.63, 3.8) is 0 Å². The summed E-state index contributed by atoms with van der Waals surface area (Å²) in [4.78, 5) is 12.9. The van der Waals surface area contributed by atoms with Crippen molar-refractivity contribution in [1.82, 2.24) is 4.90 Å². The Bertz CT molecular complexity index is 290. The van der Waals surface area contributed by atoms with Crippen LogP contribution in [-0.2, 0) is 4.74 Å². The minimum absolute atomic E-state index is 0.174. The molecule has 5 heteroatoms. The minimum atomic E-state index is -0.762. The van der Waals surface area contributed by atoms with E-state index in [0.29, 0.717) is 0 Å². The number of β-amino-alcohol motifs (C(OH)–C–C–N with tert-alkyl or cyclic N) is 1. The van der Waals surface area contributed by atoms with Gasteiger partial charge in [-0.25, -0.2) is 4.79 Å². The molecule has 1 aliphatic heterocycles. The van der Waals surface area contributed by atoms with Gasteiger partial charge in [0.1, 0.15) is 5.60 Å². The topological polar surface area (TPSA) is 73.6 Å². The first-order valence-electron chi connectivity index (χ1n) is 4.89. The zero-order valence-corrected chi connectivity index (χ0v) is 9.23. The molecule has 1 fully saturated rings. The molecular formula is C10H16N2O3. The Balaban J connectivity index is 2.54. The first-order valence-corrected chi connectivity index (χ1v) is 4.89. The number of aliphatic hydroxyl groups excluding tert-OH is 1. The Morgan fingerprint density at radius 1 is 1.53 bits per heavy atom. The summed E-state index contributed by atoms with van der Waals surface area (Å²) >= 11 is 0. The van der Waals surface area contributed by atoms with Crippen LogP contribution in [0.1, 0.15) is 20.8 Å². The van der Waals surface area contributed by atoms with Crippen LogP contribution in [0.2, 0.25) is 0 Å². The molecule has 0 aromatic rings. The lowest BCUT2D eigenvalue weighted by atomic mass is 10.1. The van der Waals surface area contributed by atoms with E-state index in [4.69, 9.17) is 10.00 Å². The monoisotopic (exact) mass is 212 g/mol. The van der Waals surface area contributed by atoms with E-state index in [9.17, 15) is 9.90 Å². The molecule has 1 saturated heterocycles. The predicted octanol–water partition coefficient (Wildman–Crippen LogP) is 0.738. The zero-order chi connectivity index (χ0) is 11.6. The van der Waals surface area contributed by atoms with Crippen molar-refractivity contribution in [3.05, 3.63) is 0 Å². The van der Waals surface area contributed by atoms with Crippen LogP contribution >= 0.6 is 0 Å². The molecule has 84 valence electrons. The summed E-state index contributed by atoms with van der Waals surface area (Å²) in [7, 11) is 0. The molecule has 0 saturated carbocycles. The van der Waals surface area contributed by atoms with E-state index in [1.54, 1.807) is 20.8 Å². The van der Waals surface area contributed by atoms with Crippen molar-refractivity contribution >= 4 is 6.09 Å². The van der Waals surface area contributed by atoms with Crippen LogP contribution < -0.4 is 0 Å². The van der Waals surface area contributed by atoms with Crippen LogP contribution in [0.25, 0.3) is 0 Å². The quantitative estimate of drug-likeness (QED) is 0.642. The highest BCUT2D eigenvalue weighted by atomic mass is 16.6. The Kier molecular flexibility index (Phi) is 3.20. The van der Waals surface area contributed by atoms with Gasteiger partial charge in [0, 0.05) is 6.54 Å². The fourth-order valence-electron chi connectivity index (χ4n) is 1.39. The number of ether oxygens (including phenoxy) is 1. The van der Waals surface area contributed by atoms with E-state index < -0.39 is 23.7 Å². The van der Waals surface area contributed by atoms with Crippen LogP contribution in [0.5, 0.6) is 0 Å². The number of likely N-dealkylation sites (tertiary alicyclic amines) is 1. The van der Waals surface area contributed by atoms with E-state index in [0.717, 1.165) is 0 Å². The Morgan fingerprint density at radius 3 is 2.53 bits per heavy atom. The molecule has 0 aliphatic carbocycles. The van der Waals surface area contributed by atoms with Crippen molar-refractivity contribution < 1.29 is 14.6 Å². The van der Waals surface area contributed by atoms with Crippen LogP contribution in [0.15, 0.2) is 0 Å². The van der Waals surface area contributed by atoms with Crippen LogP contribution in [0.4, 0.5) is 4.79 Å². The van der Waals surface area contributed by atoms with Gasteiger partial charge in [-0.1, -0.05) is 0 Å². The average molecular weight is 212 g/mol. The summed E-state index contributed by atoms with van der Waals surface area (Å²) in [5.41, 5.74) is -0.549. The summed E-state index contributed by atoms with van der Waals surface area (Å²) in [6.45, 7) is 5.75. The summed E-state index contributed by atoms with van der Waals surface area (Å²) in [6.07, 6.45) is -1.23. The molecule has 0 radical (unpaired) electrons. The molecule has 1 amide bonds. The number of nitriles is 1. The summed E-state index contributed by atoms with van der Waals surface area (Å²) in [6, 6.07) is 1.96. The fraction of sp³-hybridized carbons (Fsp3) is 0.800. The fourth-order valence-corrected chi connectivity index (χ4v) is 1.39. The largest absolute Gasteiger partial charge is 0.444 e. The van der Waals surface area contributed by atoms with Gasteiger partial charge in [-0.15, -0.1) is 0 Å². The highest BCUT2D eigenvalue weighted by molar-refractivity contribution is 5.68. The maximum absolute atomic E-state index is 11.6. The first-order chi connectivity index (χ1) is 6.83. The van der Waals surface area contributed by atoms with Crippen molar-refractivity contribution in [2.75, 3.05) is 13.1 Å². The van der Waals surface area contributed by atoms with Crippen LogP contribution in [-0.4, -0.2) is 40.9 Å². The van der Waals surface area contributed by atoms with Crippen LogP contribution in [0, 0.1) is 17.2 Å². The van der Waals surface area contributed by atoms with Crippen molar-refractivity contribution in [1.29, 1.82) is 5.26 Å². The number of carbonyl (C=O) groups is 1. The van der Waals surface area contributed by atoms with Crippen LogP contribution in [0.3, 0.4) is 0 Å². The molecule has 15 heavy (non-hydrogen) atoms. The summed E-state index contributed by atoms with van der Waals surface area (Å²) < 4.78 is 5.13. The van der Waals surface area contributed by atoms with E-state index in [1.807, 2.05) is 6.07 Å². The van der Waals surface area contributed by atoms with Gasteiger partial charge in [-0.05, 0) is 20.8 Å². The number of rotatable bonds is 0. The number of aliphatic hydroxyl groups is 1. The second kappa shape index (κ2) is 4.07. The highest BCUT2D eigenvalue weighted by Crippen LogP contribution is 2.19. The summed E-state index contributed by atoms with van der Waals surface area (Å²) in [5.74, 6) is -0.502. The second-order valence-corrected chi connectivity index (χ2v) is 4.69. The van der Waals surface area contributed by atoms with Gasteiger partial charge in [0.25, 0.3) is 0 Å². The lowest BCUT2D eigenvalue weighted by molar-refractivity contribution is 0.0270. The summed E-state index contributed by atoms with van der Waals surface area (Å²) in [5, 5.41) is 18.1. The smallest absolute Gasteiger partial charge is 0.410 e. The van der Waals surface area contributed by atoms with Crippen molar-refractivity contribution in [3.8, 4) is 6.07 Å². The number of hydrogen-bond acceptors (Lipinski definition) is 4. The molecule has 0 aromatic heterocycles. The highest BCUT2D eigenvalue weighted by Gasteiger charge is 2.36. The zero-order valence-electron chi connectivity index (χ0n) is 9.23. The van der Waals surface area contributed by atoms with E-state index in [-0.39, 0.29) is 13.1 Å². The molecule has 0 unspecified atom stereocenters. The Morgan fingerprint density at radius 2 is 2.13 bits per heavy atom. The SMILES string of the molecule is CC(C)(C)OC(=O)N1C[C@@H](C#N)[C@@H](O)C1. The minimum Gasteiger partial charge on any atom is -0.444 e. The van der Waals surface area contributed by atoms with Crippen molar-refractivity contribution in [2.45, 2.75) is 32.5 Å². The van der Waals surface area contributed by atoms with Gasteiger partial charge in [-0.2, -0.15) is 5.26 Å². The van der Waals surface area contributed by atoms with Gasteiger partial charge >= 0.3 is 6.09 Å². The van der Waals surface area contributed by atoms with Gasteiger partial charge in [0.05, 0.1) is 24.6 Å². The maximum atomic E-state index is 11.6. The molecule has 0 bridgehead atoms. The van der Waals surface area contributed by atoms with E-state index >= 15 is 0 Å². The number of amides is 1. The Hall–Kier alpha value is -1.28. The van der Waals surface area contributed by atoms with E-state index in [2.05, 4.69) is 0 Å². The standard InChI is InChI=1S/C10H16N2O3/c1-10(2,3)15-9(14)12-5-7(4-11)8(13)6-12/h7-8,13H,5-6H2,1-3H3/t7-,8+/m1/s1. The molecule has 1 N–H and O–H groups in total. The van der Waals surface area contributed by atoms with E-state index in [1.165, 1.54) is 4.90 Å². The number of carbonyl (C=O) groups excluding carboxylic acids is 1. The molecule has 1 aliphatic rings. The van der Waals surface area contributed by atoms with Crippen molar-refractivity contribution in [2.24, 2.45) is 5.92 Å².